The SMILES string of the molecule is C[C@@H]1CC[C@@]2(OC1)O[C@H]1C[C@H]3[C@@H]4CC=C5C[C@@H](O[C@@H]6O[C@H](CO)[C@@H](O)[C@H](O[C@@H]7OC[C@@H](O)[C@H](O)[C@H]7O)[C@H]6O[C@@H]6O[C@@H](C)[C@H](O)[C@@H](O)[C@H]6O)CC[C@]5(C)[C@H]4CC[C@]3(C)[C@H]1[C@@H]2C. The molecule has 0 aromatic rings. The third-order valence-electron chi connectivity index (χ3n) is 17.3. The number of hydrogen-bond donors (Lipinski definition) is 8. The van der Waals surface area contributed by atoms with Crippen LogP contribution in [0.2, 0.25) is 0 Å². The van der Waals surface area contributed by atoms with Gasteiger partial charge >= 0.3 is 0 Å². The first-order valence-corrected chi connectivity index (χ1v) is 22.8. The fourth-order valence-electron chi connectivity index (χ4n) is 13.7. The summed E-state index contributed by atoms with van der Waals surface area (Å²) in [6, 6.07) is 0. The molecule has 0 amide bonds. The third kappa shape index (κ3) is 7.19. The van der Waals surface area contributed by atoms with Crippen LogP contribution < -0.4 is 0 Å². The van der Waals surface area contributed by atoms with Crippen molar-refractivity contribution in [3.63, 3.8) is 0 Å². The zero-order valence-electron chi connectivity index (χ0n) is 35.6. The van der Waals surface area contributed by atoms with Crippen molar-refractivity contribution in [3.8, 4) is 0 Å². The van der Waals surface area contributed by atoms with Gasteiger partial charge in [0.25, 0.3) is 0 Å². The Morgan fingerprint density at radius 2 is 1.48 bits per heavy atom. The van der Waals surface area contributed by atoms with E-state index in [0.717, 1.165) is 45.1 Å². The number of aliphatic hydroxyl groups is 8. The zero-order valence-corrected chi connectivity index (χ0v) is 35.6. The van der Waals surface area contributed by atoms with Crippen LogP contribution in [-0.2, 0) is 37.9 Å². The molecule has 4 aliphatic carbocycles. The van der Waals surface area contributed by atoms with E-state index in [1.54, 1.807) is 0 Å². The molecule has 3 saturated carbocycles. The lowest BCUT2D eigenvalue weighted by atomic mass is 9.47. The Hall–Kier alpha value is -0.900. The molecule has 0 aromatic heterocycles. The maximum atomic E-state index is 11.5. The van der Waals surface area contributed by atoms with E-state index in [1.165, 1.54) is 18.9 Å². The van der Waals surface area contributed by atoms with Crippen LogP contribution in [0.5, 0.6) is 0 Å². The molecule has 25 atom stereocenters. The average Bonchev–Trinajstić information content (AvgIpc) is 3.68. The lowest BCUT2D eigenvalue weighted by Gasteiger charge is -2.59. The molecule has 8 fully saturated rings. The Morgan fingerprint density at radius 1 is 0.733 bits per heavy atom. The van der Waals surface area contributed by atoms with Gasteiger partial charge in [0.15, 0.2) is 24.7 Å². The molecule has 342 valence electrons. The summed E-state index contributed by atoms with van der Waals surface area (Å²) in [4.78, 5) is 0. The van der Waals surface area contributed by atoms with Gasteiger partial charge in [0.05, 0.1) is 38.1 Å². The van der Waals surface area contributed by atoms with Crippen molar-refractivity contribution in [1.29, 1.82) is 0 Å². The highest BCUT2D eigenvalue weighted by atomic mass is 16.8. The van der Waals surface area contributed by atoms with E-state index in [0.29, 0.717) is 48.3 Å². The van der Waals surface area contributed by atoms with Crippen LogP contribution in [0.1, 0.15) is 92.4 Å². The predicted octanol–water partition coefficient (Wildman–Crippen LogP) is 0.853. The van der Waals surface area contributed by atoms with Crippen LogP contribution in [0.25, 0.3) is 0 Å². The predicted molar refractivity (Wildman–Crippen MR) is 208 cm³/mol. The Morgan fingerprint density at radius 3 is 2.22 bits per heavy atom. The highest BCUT2D eigenvalue weighted by Gasteiger charge is 2.69. The molecule has 0 radical (unpaired) electrons. The maximum absolute atomic E-state index is 11.5. The minimum absolute atomic E-state index is 0.0239. The Balaban J connectivity index is 0.932. The van der Waals surface area contributed by atoms with Gasteiger partial charge in [-0.3, -0.25) is 0 Å². The molecule has 60 heavy (non-hydrogen) atoms. The van der Waals surface area contributed by atoms with E-state index in [9.17, 15) is 40.9 Å². The summed E-state index contributed by atoms with van der Waals surface area (Å²) in [6.07, 6.45) is -9.49. The Kier molecular flexibility index (Phi) is 12.2. The number of fused-ring (bicyclic) bond motifs is 7. The van der Waals surface area contributed by atoms with E-state index in [1.807, 2.05) is 0 Å². The van der Waals surface area contributed by atoms with Crippen molar-refractivity contribution >= 4 is 0 Å². The highest BCUT2D eigenvalue weighted by Crippen LogP contribution is 2.70. The first kappa shape index (κ1) is 44.3. The monoisotopic (exact) mass is 854 g/mol. The molecule has 9 aliphatic rings. The van der Waals surface area contributed by atoms with Crippen molar-refractivity contribution in [2.24, 2.45) is 46.3 Å². The lowest BCUT2D eigenvalue weighted by molar-refractivity contribution is -0.390. The average molecular weight is 855 g/mol. The smallest absolute Gasteiger partial charge is 0.187 e. The van der Waals surface area contributed by atoms with Crippen molar-refractivity contribution in [1.82, 2.24) is 0 Å². The van der Waals surface area contributed by atoms with Gasteiger partial charge in [-0.15, -0.1) is 0 Å². The first-order chi connectivity index (χ1) is 28.5. The molecule has 5 aliphatic heterocycles. The molecule has 0 aromatic carbocycles. The zero-order chi connectivity index (χ0) is 42.6. The fraction of sp³-hybridized carbons (Fsp3) is 0.955. The Labute approximate surface area is 352 Å². The van der Waals surface area contributed by atoms with Gasteiger partial charge in [0.2, 0.25) is 0 Å². The van der Waals surface area contributed by atoms with E-state index in [4.69, 9.17) is 37.9 Å². The molecule has 5 heterocycles. The third-order valence-corrected chi connectivity index (χ3v) is 17.3. The molecule has 16 nitrogen and oxygen atoms in total. The normalized spacial score (nSPS) is 57.9. The summed E-state index contributed by atoms with van der Waals surface area (Å²) in [6.45, 7) is 10.9. The van der Waals surface area contributed by atoms with E-state index in [-0.39, 0.29) is 29.6 Å². The maximum Gasteiger partial charge on any atom is 0.187 e. The van der Waals surface area contributed by atoms with Crippen LogP contribution in [0, 0.1) is 46.3 Å². The molecule has 0 bridgehead atoms. The van der Waals surface area contributed by atoms with Gasteiger partial charge in [0.1, 0.15) is 61.0 Å². The fourth-order valence-corrected chi connectivity index (χ4v) is 13.7. The van der Waals surface area contributed by atoms with Crippen molar-refractivity contribution in [3.05, 3.63) is 11.6 Å². The molecule has 0 unspecified atom stereocenters. The van der Waals surface area contributed by atoms with Crippen LogP contribution in [-0.4, -0.2) is 165 Å². The second kappa shape index (κ2) is 16.5. The van der Waals surface area contributed by atoms with Crippen molar-refractivity contribution < 1.29 is 78.7 Å². The van der Waals surface area contributed by atoms with Gasteiger partial charge in [-0.05, 0) is 98.7 Å². The molecular formula is C44H70O16. The topological polar surface area (TPSA) is 236 Å². The lowest BCUT2D eigenvalue weighted by Crippen LogP contribution is -2.66. The van der Waals surface area contributed by atoms with E-state index < -0.39 is 98.4 Å². The van der Waals surface area contributed by atoms with Crippen LogP contribution in [0.3, 0.4) is 0 Å². The van der Waals surface area contributed by atoms with E-state index in [2.05, 4.69) is 33.8 Å². The molecular weight excluding hydrogens is 784 g/mol. The van der Waals surface area contributed by atoms with Gasteiger partial charge in [0, 0.05) is 12.3 Å². The second-order valence-electron chi connectivity index (χ2n) is 20.6. The minimum Gasteiger partial charge on any atom is -0.394 e. The second-order valence-corrected chi connectivity index (χ2v) is 20.6. The highest BCUT2D eigenvalue weighted by molar-refractivity contribution is 5.26. The molecule has 1 spiro atoms. The summed E-state index contributed by atoms with van der Waals surface area (Å²) in [5.74, 6) is 2.62. The largest absolute Gasteiger partial charge is 0.394 e. The van der Waals surface area contributed by atoms with Gasteiger partial charge in [-0.25, -0.2) is 0 Å². The quantitative estimate of drug-likeness (QED) is 0.166. The molecule has 5 saturated heterocycles. The standard InChI is InChI=1S/C44H70O16/c1-19-8-13-44(54-17-19)20(2)30-28(60-44)15-26-24-7-6-22-14-23(9-11-42(22,4)25(24)10-12-43(26,30)5)56-41-38(59-40-36(52)34(50)31(47)21(3)55-40)37(33(49)29(16-45)57-41)58-39-35(51)32(48)27(46)18-53-39/h6,19-21,23-41,45-52H,7-18H2,1-5H3/t19-,20+,21+,23+,24-,25+,26+,27-,28+,29-,30+,31+,32+,33-,34-,35-,36-,37+,38-,39+,40+,41-,42+,43+,44-/m1/s1. The number of ether oxygens (including phenoxy) is 8. The molecule has 16 heteroatoms. The summed E-state index contributed by atoms with van der Waals surface area (Å²) >= 11 is 0. The molecule has 9 rings (SSSR count). The number of allylic oxidation sites excluding steroid dienone is 1. The number of hydrogen-bond acceptors (Lipinski definition) is 16. The van der Waals surface area contributed by atoms with Gasteiger partial charge < -0.3 is 78.7 Å². The summed E-state index contributed by atoms with van der Waals surface area (Å²) in [5, 5.41) is 85.1. The number of aliphatic hydroxyl groups excluding tert-OH is 8. The first-order valence-electron chi connectivity index (χ1n) is 22.8. The summed E-state index contributed by atoms with van der Waals surface area (Å²) in [7, 11) is 0. The molecule has 8 N–H and O–H groups in total. The van der Waals surface area contributed by atoms with Gasteiger partial charge in [-0.1, -0.05) is 39.3 Å². The Bertz CT molecular complexity index is 1560. The van der Waals surface area contributed by atoms with Gasteiger partial charge in [-0.2, -0.15) is 0 Å². The minimum atomic E-state index is -1.72. The summed E-state index contributed by atoms with van der Waals surface area (Å²) < 4.78 is 50.1. The van der Waals surface area contributed by atoms with Crippen LogP contribution in [0.4, 0.5) is 0 Å². The van der Waals surface area contributed by atoms with Crippen LogP contribution in [0.15, 0.2) is 11.6 Å². The van der Waals surface area contributed by atoms with Crippen LogP contribution >= 0.6 is 0 Å². The van der Waals surface area contributed by atoms with E-state index >= 15 is 0 Å². The number of rotatable bonds is 7. The summed E-state index contributed by atoms with van der Waals surface area (Å²) in [5.41, 5.74) is 1.52. The van der Waals surface area contributed by atoms with Crippen molar-refractivity contribution in [2.75, 3.05) is 19.8 Å². The van der Waals surface area contributed by atoms with Crippen molar-refractivity contribution in [2.45, 2.75) is 196 Å².